The fourth-order valence-corrected chi connectivity index (χ4v) is 7.76. The van der Waals surface area contributed by atoms with Crippen LogP contribution in [-0.4, -0.2) is 49.3 Å². The van der Waals surface area contributed by atoms with Gasteiger partial charge in [0.2, 0.25) is 0 Å². The monoisotopic (exact) mass is 804 g/mol. The van der Waals surface area contributed by atoms with Gasteiger partial charge in [0.25, 0.3) is 0 Å². The van der Waals surface area contributed by atoms with Crippen LogP contribution in [-0.2, 0) is 32.7 Å². The van der Waals surface area contributed by atoms with Crippen LogP contribution in [0.3, 0.4) is 0 Å². The number of esters is 2. The van der Waals surface area contributed by atoms with Crippen LogP contribution in [0.25, 0.3) is 0 Å². The zero-order valence-corrected chi connectivity index (χ0v) is 37.1. The molecule has 2 atom stereocenters. The van der Waals surface area contributed by atoms with E-state index in [2.05, 4.69) is 13.8 Å². The van der Waals surface area contributed by atoms with Crippen LogP contribution < -0.4 is 5.73 Å². The van der Waals surface area contributed by atoms with E-state index in [9.17, 15) is 19.0 Å². The van der Waals surface area contributed by atoms with Crippen molar-refractivity contribution in [2.45, 2.75) is 251 Å². The summed E-state index contributed by atoms with van der Waals surface area (Å²) in [5.41, 5.74) is 5.35. The van der Waals surface area contributed by atoms with Crippen LogP contribution in [0.4, 0.5) is 0 Å². The Morgan fingerprint density at radius 3 is 1.11 bits per heavy atom. The Labute approximate surface area is 339 Å². The molecule has 0 rings (SSSR count). The highest BCUT2D eigenvalue weighted by atomic mass is 31.2. The number of phosphoric ester groups is 1. The Morgan fingerprint density at radius 2 is 0.782 bits per heavy atom. The third-order valence-electron chi connectivity index (χ3n) is 10.5. The molecule has 9 nitrogen and oxygen atoms in total. The molecule has 10 heteroatoms. The average Bonchev–Trinajstić information content (AvgIpc) is 3.17. The molecule has 2 unspecified atom stereocenters. The van der Waals surface area contributed by atoms with Gasteiger partial charge in [0.1, 0.15) is 6.61 Å². The molecular weight excluding hydrogens is 713 g/mol. The summed E-state index contributed by atoms with van der Waals surface area (Å²) in [5, 5.41) is 0. The highest BCUT2D eigenvalue weighted by Crippen LogP contribution is 2.43. The third-order valence-corrected chi connectivity index (χ3v) is 11.5. The van der Waals surface area contributed by atoms with Gasteiger partial charge >= 0.3 is 19.8 Å². The van der Waals surface area contributed by atoms with Gasteiger partial charge < -0.3 is 20.1 Å². The predicted octanol–water partition coefficient (Wildman–Crippen LogP) is 13.6. The third kappa shape index (κ3) is 42.4. The van der Waals surface area contributed by atoms with Gasteiger partial charge in [-0.25, -0.2) is 4.57 Å². The first-order chi connectivity index (χ1) is 26.8. The molecule has 0 heterocycles. The smallest absolute Gasteiger partial charge is 0.462 e. The zero-order chi connectivity index (χ0) is 40.3. The summed E-state index contributed by atoms with van der Waals surface area (Å²) < 4.78 is 32.8. The van der Waals surface area contributed by atoms with E-state index in [0.29, 0.717) is 6.42 Å². The number of nitrogens with two attached hydrogens (primary N) is 1. The van der Waals surface area contributed by atoms with E-state index in [1.54, 1.807) is 0 Å². The molecule has 0 saturated heterocycles. The minimum absolute atomic E-state index is 0.0582. The second kappa shape index (κ2) is 42.6. The summed E-state index contributed by atoms with van der Waals surface area (Å²) in [6.45, 7) is 3.78. The highest BCUT2D eigenvalue weighted by Gasteiger charge is 2.26. The Kier molecular flexibility index (Phi) is 41.8. The molecule has 0 bridgehead atoms. The maximum atomic E-state index is 12.6. The standard InChI is InChI=1S/C45H90NO8P/c1-3-5-7-9-11-13-15-17-18-19-20-21-22-23-24-26-28-30-32-34-36-38-45(48)54-43(42-53-55(49,50)52-40-39-46)41-51-44(47)37-35-33-31-29-27-25-16-14-12-10-8-6-4-2/h43H,3-42,46H2,1-2H3,(H,49,50). The summed E-state index contributed by atoms with van der Waals surface area (Å²) in [6.07, 6.45) is 42.8. The van der Waals surface area contributed by atoms with Crippen molar-refractivity contribution in [3.63, 3.8) is 0 Å². The van der Waals surface area contributed by atoms with Crippen molar-refractivity contribution in [2.75, 3.05) is 26.4 Å². The lowest BCUT2D eigenvalue weighted by molar-refractivity contribution is -0.161. The molecule has 0 aliphatic rings. The van der Waals surface area contributed by atoms with E-state index in [1.165, 1.54) is 180 Å². The molecule has 0 aliphatic heterocycles. The van der Waals surface area contributed by atoms with Crippen LogP contribution in [0.5, 0.6) is 0 Å². The lowest BCUT2D eigenvalue weighted by Gasteiger charge is -2.19. The van der Waals surface area contributed by atoms with Gasteiger partial charge in [-0.3, -0.25) is 18.6 Å². The first-order valence-corrected chi connectivity index (χ1v) is 25.0. The van der Waals surface area contributed by atoms with Crippen molar-refractivity contribution in [2.24, 2.45) is 5.73 Å². The van der Waals surface area contributed by atoms with Crippen molar-refractivity contribution in [1.82, 2.24) is 0 Å². The summed E-state index contributed by atoms with van der Waals surface area (Å²) >= 11 is 0. The number of hydrogen-bond acceptors (Lipinski definition) is 8. The first kappa shape index (κ1) is 54.0. The minimum Gasteiger partial charge on any atom is -0.462 e. The maximum absolute atomic E-state index is 12.6. The van der Waals surface area contributed by atoms with E-state index in [1.807, 2.05) is 0 Å². The van der Waals surface area contributed by atoms with Gasteiger partial charge in [-0.1, -0.05) is 219 Å². The van der Waals surface area contributed by atoms with Gasteiger partial charge in [0.15, 0.2) is 6.10 Å². The second-order valence-electron chi connectivity index (χ2n) is 16.0. The van der Waals surface area contributed by atoms with E-state index in [-0.39, 0.29) is 38.6 Å². The number of phosphoric acid groups is 1. The predicted molar refractivity (Wildman–Crippen MR) is 229 cm³/mol. The van der Waals surface area contributed by atoms with E-state index < -0.39 is 26.5 Å². The van der Waals surface area contributed by atoms with Crippen molar-refractivity contribution in [3.05, 3.63) is 0 Å². The van der Waals surface area contributed by atoms with Crippen LogP contribution in [0.2, 0.25) is 0 Å². The molecule has 0 fully saturated rings. The molecule has 0 amide bonds. The highest BCUT2D eigenvalue weighted by molar-refractivity contribution is 7.47. The first-order valence-electron chi connectivity index (χ1n) is 23.5. The zero-order valence-electron chi connectivity index (χ0n) is 36.2. The number of carbonyl (C=O) groups excluding carboxylic acids is 2. The number of ether oxygens (including phenoxy) is 2. The van der Waals surface area contributed by atoms with Crippen LogP contribution in [0, 0.1) is 0 Å². The molecule has 328 valence electrons. The maximum Gasteiger partial charge on any atom is 0.472 e. The van der Waals surface area contributed by atoms with Crippen molar-refractivity contribution in [1.29, 1.82) is 0 Å². The topological polar surface area (TPSA) is 134 Å². The molecule has 0 radical (unpaired) electrons. The lowest BCUT2D eigenvalue weighted by atomic mass is 10.0. The Morgan fingerprint density at radius 1 is 0.473 bits per heavy atom. The average molecular weight is 804 g/mol. The molecule has 0 aromatic carbocycles. The number of hydrogen-bond donors (Lipinski definition) is 2. The molecular formula is C45H90NO8P. The second-order valence-corrected chi connectivity index (χ2v) is 17.4. The normalized spacial score (nSPS) is 13.2. The number of rotatable bonds is 45. The van der Waals surface area contributed by atoms with Crippen molar-refractivity contribution in [3.8, 4) is 0 Å². The van der Waals surface area contributed by atoms with Crippen LogP contribution >= 0.6 is 7.82 Å². The van der Waals surface area contributed by atoms with Crippen LogP contribution in [0.1, 0.15) is 245 Å². The molecule has 0 spiro atoms. The van der Waals surface area contributed by atoms with Gasteiger partial charge in [-0.15, -0.1) is 0 Å². The van der Waals surface area contributed by atoms with Gasteiger partial charge in [0.05, 0.1) is 13.2 Å². The van der Waals surface area contributed by atoms with Gasteiger partial charge in [0, 0.05) is 19.4 Å². The molecule has 0 aromatic heterocycles. The Balaban J connectivity index is 4.01. The Bertz CT molecular complexity index is 876. The molecule has 55 heavy (non-hydrogen) atoms. The molecule has 3 N–H and O–H groups in total. The molecule has 0 aliphatic carbocycles. The lowest BCUT2D eigenvalue weighted by Crippen LogP contribution is -2.29. The SMILES string of the molecule is CCCCCCCCCCCCCCCCCCCCCCCC(=O)OC(COC(=O)CCCCCCCCCCCCCCC)COP(=O)(O)OCCN. The largest absolute Gasteiger partial charge is 0.472 e. The minimum atomic E-state index is -4.37. The fourth-order valence-electron chi connectivity index (χ4n) is 6.99. The fraction of sp³-hybridized carbons (Fsp3) is 0.956. The quantitative estimate of drug-likeness (QED) is 0.0350. The van der Waals surface area contributed by atoms with Crippen molar-refractivity contribution >= 4 is 19.8 Å². The van der Waals surface area contributed by atoms with E-state index in [4.69, 9.17) is 24.3 Å². The summed E-state index contributed by atoms with van der Waals surface area (Å²) in [5.74, 6) is -0.811. The summed E-state index contributed by atoms with van der Waals surface area (Å²) in [4.78, 5) is 34.9. The summed E-state index contributed by atoms with van der Waals surface area (Å²) in [7, 11) is -4.37. The van der Waals surface area contributed by atoms with Crippen LogP contribution in [0.15, 0.2) is 0 Å². The number of carbonyl (C=O) groups is 2. The van der Waals surface area contributed by atoms with E-state index in [0.717, 1.165) is 32.1 Å². The molecule has 0 saturated carbocycles. The van der Waals surface area contributed by atoms with Gasteiger partial charge in [-0.05, 0) is 12.8 Å². The van der Waals surface area contributed by atoms with Crippen molar-refractivity contribution < 1.29 is 37.6 Å². The van der Waals surface area contributed by atoms with Gasteiger partial charge in [-0.2, -0.15) is 0 Å². The Hall–Kier alpha value is -0.990. The summed E-state index contributed by atoms with van der Waals surface area (Å²) in [6, 6.07) is 0. The van der Waals surface area contributed by atoms with E-state index >= 15 is 0 Å². The molecule has 0 aromatic rings. The number of unbranched alkanes of at least 4 members (excludes halogenated alkanes) is 32.